The smallest absolute Gasteiger partial charge is 0.345 e. The summed E-state index contributed by atoms with van der Waals surface area (Å²) in [6, 6.07) is 5.47. The number of benzene rings is 1. The summed E-state index contributed by atoms with van der Waals surface area (Å²) in [4.78, 5) is 23.3. The van der Waals surface area contributed by atoms with Crippen LogP contribution in [-0.4, -0.2) is 41.1 Å². The summed E-state index contributed by atoms with van der Waals surface area (Å²) in [7, 11) is 0. The monoisotopic (exact) mass is 446 g/mol. The maximum atomic E-state index is 11.3. The zero-order valence-electron chi connectivity index (χ0n) is 18.6. The fraction of sp³-hybridized carbons (Fsp3) is 0.708. The average Bonchev–Trinajstić information content (AvgIpc) is 3.06. The number of ether oxygens (including phenoxy) is 4. The van der Waals surface area contributed by atoms with E-state index in [9.17, 15) is 9.90 Å². The van der Waals surface area contributed by atoms with E-state index in [0.717, 1.165) is 31.2 Å². The van der Waals surface area contributed by atoms with Crippen molar-refractivity contribution in [3.8, 4) is 11.5 Å². The summed E-state index contributed by atoms with van der Waals surface area (Å²) in [6.07, 6.45) is 2.30. The van der Waals surface area contributed by atoms with E-state index < -0.39 is 36.0 Å². The van der Waals surface area contributed by atoms with E-state index in [1.165, 1.54) is 0 Å². The van der Waals surface area contributed by atoms with Crippen molar-refractivity contribution in [2.24, 2.45) is 23.7 Å². The maximum absolute atomic E-state index is 11.3. The van der Waals surface area contributed by atoms with E-state index in [1.807, 2.05) is 19.1 Å². The van der Waals surface area contributed by atoms with Gasteiger partial charge in [-0.25, -0.2) is 14.6 Å². The van der Waals surface area contributed by atoms with E-state index in [0.29, 0.717) is 29.8 Å². The van der Waals surface area contributed by atoms with Gasteiger partial charge in [0.1, 0.15) is 11.5 Å². The fourth-order valence-corrected chi connectivity index (χ4v) is 6.56. The summed E-state index contributed by atoms with van der Waals surface area (Å²) in [5.74, 6) is 0.395. The van der Waals surface area contributed by atoms with Crippen molar-refractivity contribution in [3.05, 3.63) is 23.8 Å². The molecule has 174 valence electrons. The van der Waals surface area contributed by atoms with Crippen molar-refractivity contribution in [2.45, 2.75) is 82.9 Å². The Bertz CT molecular complexity index is 935. The lowest BCUT2D eigenvalue weighted by atomic mass is 9.58. The molecular weight excluding hydrogens is 416 g/mol. The first kappa shape index (κ1) is 20.7. The molecule has 1 unspecified atom stereocenters. The van der Waals surface area contributed by atoms with E-state index in [2.05, 4.69) is 13.8 Å². The number of carboxylic acids is 1. The van der Waals surface area contributed by atoms with Crippen LogP contribution < -0.4 is 9.47 Å². The molecule has 0 radical (unpaired) electrons. The highest BCUT2D eigenvalue weighted by molar-refractivity contribution is 5.74. The Hall–Kier alpha value is -1.87. The second-order valence-corrected chi connectivity index (χ2v) is 10.3. The van der Waals surface area contributed by atoms with Crippen LogP contribution in [0.4, 0.5) is 0 Å². The van der Waals surface area contributed by atoms with Crippen molar-refractivity contribution in [2.75, 3.05) is 0 Å². The van der Waals surface area contributed by atoms with E-state index in [1.54, 1.807) is 6.07 Å². The predicted octanol–water partition coefficient (Wildman–Crippen LogP) is 3.66. The van der Waals surface area contributed by atoms with E-state index in [-0.39, 0.29) is 11.8 Å². The van der Waals surface area contributed by atoms with Crippen LogP contribution in [0.5, 0.6) is 11.5 Å². The van der Waals surface area contributed by atoms with Crippen molar-refractivity contribution in [1.82, 2.24) is 0 Å². The Morgan fingerprint density at radius 3 is 2.81 bits per heavy atom. The molecule has 8 nitrogen and oxygen atoms in total. The zero-order chi connectivity index (χ0) is 22.3. The van der Waals surface area contributed by atoms with Crippen molar-refractivity contribution < 1.29 is 38.6 Å². The summed E-state index contributed by atoms with van der Waals surface area (Å²) >= 11 is 0. The Kier molecular flexibility index (Phi) is 4.57. The van der Waals surface area contributed by atoms with Gasteiger partial charge < -0.3 is 24.1 Å². The minimum Gasteiger partial charge on any atom is -0.478 e. The molecule has 5 aliphatic heterocycles. The Labute approximate surface area is 187 Å². The molecule has 8 heteroatoms. The van der Waals surface area contributed by atoms with E-state index in [4.69, 9.17) is 28.7 Å². The highest BCUT2D eigenvalue weighted by Gasteiger charge is 2.69. The van der Waals surface area contributed by atoms with Gasteiger partial charge in [0.25, 0.3) is 0 Å². The van der Waals surface area contributed by atoms with Gasteiger partial charge in [0.15, 0.2) is 18.0 Å². The predicted molar refractivity (Wildman–Crippen MR) is 110 cm³/mol. The van der Waals surface area contributed by atoms with Crippen molar-refractivity contribution in [1.29, 1.82) is 0 Å². The second kappa shape index (κ2) is 7.06. The summed E-state index contributed by atoms with van der Waals surface area (Å²) in [6.45, 7) is 6.34. The maximum Gasteiger partial charge on any atom is 0.345 e. The van der Waals surface area contributed by atoms with Gasteiger partial charge >= 0.3 is 5.97 Å². The number of fused-ring (bicyclic) bond motifs is 3. The first-order chi connectivity index (χ1) is 15.3. The lowest BCUT2D eigenvalue weighted by Gasteiger charge is -2.60. The second-order valence-electron chi connectivity index (χ2n) is 10.3. The molecule has 1 aliphatic carbocycles. The first-order valence-electron chi connectivity index (χ1n) is 11.7. The molecule has 1 aromatic carbocycles. The number of hydrogen-bond acceptors (Lipinski definition) is 7. The van der Waals surface area contributed by atoms with Gasteiger partial charge in [-0.1, -0.05) is 19.9 Å². The Balaban J connectivity index is 1.28. The van der Waals surface area contributed by atoms with Gasteiger partial charge in [-0.15, -0.1) is 0 Å². The van der Waals surface area contributed by atoms with Gasteiger partial charge in [-0.3, -0.25) is 0 Å². The van der Waals surface area contributed by atoms with Gasteiger partial charge in [0.05, 0.1) is 0 Å². The molecule has 32 heavy (non-hydrogen) atoms. The largest absolute Gasteiger partial charge is 0.478 e. The molecule has 0 amide bonds. The number of hydrogen-bond donors (Lipinski definition) is 1. The van der Waals surface area contributed by atoms with E-state index >= 15 is 0 Å². The molecule has 1 aromatic rings. The van der Waals surface area contributed by atoms with Crippen LogP contribution in [0.25, 0.3) is 0 Å². The molecule has 5 fully saturated rings. The van der Waals surface area contributed by atoms with Crippen LogP contribution in [0.1, 0.15) is 52.0 Å². The van der Waals surface area contributed by atoms with Crippen LogP contribution >= 0.6 is 0 Å². The molecule has 5 heterocycles. The number of carbonyl (C=O) groups is 1. The van der Waals surface area contributed by atoms with Gasteiger partial charge in [-0.05, 0) is 49.7 Å². The highest BCUT2D eigenvalue weighted by Crippen LogP contribution is 2.60. The Morgan fingerprint density at radius 1 is 1.16 bits per heavy atom. The summed E-state index contributed by atoms with van der Waals surface area (Å²) in [5.41, 5.74) is 0.246. The SMILES string of the molecule is C[C@H]1[C@@H](Oc2ccc3c(c2)OC(C(=O)O)C3)O[C@@H]2O[C@@]3(C)CC[C@H]4[C@H](C)CC[C@@H]1[C@@]24OO3. The molecule has 1 saturated carbocycles. The standard InChI is InChI=1S/C24H30O8/c1-12-4-7-17-13(2)21(27-15-6-5-14-10-19(20(25)26)28-18(14)11-15)29-22-24(17)16(12)8-9-23(3,30-22)31-32-24/h5-6,11-13,16-17,19,21-22H,4,7-10H2,1-3H3,(H,25,26)/t12-,13-,16+,17+,19?,21+,22-,23-,24-/m1/s1. The van der Waals surface area contributed by atoms with Crippen LogP contribution in [0.3, 0.4) is 0 Å². The van der Waals surface area contributed by atoms with Crippen LogP contribution in [-0.2, 0) is 30.5 Å². The molecule has 7 rings (SSSR count). The highest BCUT2D eigenvalue weighted by atomic mass is 17.3. The lowest BCUT2D eigenvalue weighted by molar-refractivity contribution is -0.575. The molecule has 9 atom stereocenters. The third-order valence-electron chi connectivity index (χ3n) is 8.34. The summed E-state index contributed by atoms with van der Waals surface area (Å²) < 4.78 is 24.7. The zero-order valence-corrected chi connectivity index (χ0v) is 18.6. The summed E-state index contributed by atoms with van der Waals surface area (Å²) in [5, 5.41) is 9.25. The number of rotatable bonds is 3. The minimum absolute atomic E-state index is 0.0526. The number of carboxylic acid groups (broad SMARTS) is 1. The topological polar surface area (TPSA) is 92.7 Å². The number of aliphatic carboxylic acids is 1. The third kappa shape index (κ3) is 2.93. The van der Waals surface area contributed by atoms with Crippen LogP contribution in [0, 0.1) is 23.7 Å². The molecule has 4 saturated heterocycles. The Morgan fingerprint density at radius 2 is 2.00 bits per heavy atom. The third-order valence-corrected chi connectivity index (χ3v) is 8.34. The minimum atomic E-state index is -0.962. The quantitative estimate of drug-likeness (QED) is 0.704. The molecule has 6 aliphatic rings. The van der Waals surface area contributed by atoms with Crippen LogP contribution in [0.15, 0.2) is 18.2 Å². The lowest BCUT2D eigenvalue weighted by Crippen LogP contribution is -2.70. The van der Waals surface area contributed by atoms with Gasteiger partial charge in [0.2, 0.25) is 12.1 Å². The normalized spacial score (nSPS) is 46.5. The molecule has 1 N–H and O–H groups in total. The molecule has 0 aromatic heterocycles. The van der Waals surface area contributed by atoms with Gasteiger partial charge in [0, 0.05) is 30.7 Å². The molecular formula is C24H30O8. The van der Waals surface area contributed by atoms with Crippen molar-refractivity contribution >= 4 is 5.97 Å². The van der Waals surface area contributed by atoms with Crippen LogP contribution in [0.2, 0.25) is 0 Å². The average molecular weight is 446 g/mol. The fourth-order valence-electron chi connectivity index (χ4n) is 6.56. The molecule has 2 bridgehead atoms. The van der Waals surface area contributed by atoms with Crippen molar-refractivity contribution in [3.63, 3.8) is 0 Å². The first-order valence-corrected chi connectivity index (χ1v) is 11.7. The molecule has 1 spiro atoms. The van der Waals surface area contributed by atoms with Gasteiger partial charge in [-0.2, -0.15) is 0 Å².